The Morgan fingerprint density at radius 1 is 1.11 bits per heavy atom. The number of aliphatic imine (C=N–C) groups is 1. The molecule has 0 spiro atoms. The van der Waals surface area contributed by atoms with Gasteiger partial charge < -0.3 is 24.8 Å². The first-order valence-electron chi connectivity index (χ1n) is 10.6. The van der Waals surface area contributed by atoms with Crippen molar-refractivity contribution in [3.8, 4) is 0 Å². The van der Waals surface area contributed by atoms with Crippen molar-refractivity contribution in [2.75, 3.05) is 66.0 Å². The Balaban J connectivity index is 0.00000280. The fourth-order valence-corrected chi connectivity index (χ4v) is 4.75. The number of piperazine rings is 1. The number of hydrogen-bond donors (Lipinski definition) is 1. The van der Waals surface area contributed by atoms with Crippen LogP contribution in [0, 0.1) is 11.8 Å². The minimum atomic E-state index is -0.205. The Labute approximate surface area is 187 Å². The minimum Gasteiger partial charge on any atom is -0.368 e. The Hall–Kier alpha value is -0.610. The second-order valence-electron chi connectivity index (χ2n) is 8.49. The maximum Gasteiger partial charge on any atom is 0.251 e. The van der Waals surface area contributed by atoms with Crippen molar-refractivity contribution in [2.24, 2.45) is 16.8 Å². The summed E-state index contributed by atoms with van der Waals surface area (Å²) in [4.78, 5) is 23.7. The number of halogens is 1. The van der Waals surface area contributed by atoms with E-state index >= 15 is 0 Å². The highest BCUT2D eigenvalue weighted by molar-refractivity contribution is 14.0. The number of nitrogens with one attached hydrogen (secondary N) is 1. The van der Waals surface area contributed by atoms with E-state index in [1.807, 2.05) is 11.9 Å². The van der Waals surface area contributed by atoms with E-state index in [1.165, 1.54) is 19.5 Å². The number of piperidine rings is 1. The average Bonchev–Trinajstić information content (AvgIpc) is 3.19. The third-order valence-corrected chi connectivity index (χ3v) is 5.96. The van der Waals surface area contributed by atoms with Crippen molar-refractivity contribution < 1.29 is 9.53 Å². The lowest BCUT2D eigenvalue weighted by molar-refractivity contribution is -0.142. The molecule has 0 aromatic rings. The van der Waals surface area contributed by atoms with Crippen LogP contribution in [-0.2, 0) is 9.53 Å². The molecule has 28 heavy (non-hydrogen) atoms. The molecule has 3 atom stereocenters. The second kappa shape index (κ2) is 11.5. The topological polar surface area (TPSA) is 60.4 Å². The van der Waals surface area contributed by atoms with Crippen molar-refractivity contribution >= 4 is 35.8 Å². The molecule has 7 nitrogen and oxygen atoms in total. The quantitative estimate of drug-likeness (QED) is 0.355. The molecule has 3 aliphatic heterocycles. The molecule has 3 unspecified atom stereocenters. The van der Waals surface area contributed by atoms with Gasteiger partial charge in [-0.1, -0.05) is 13.8 Å². The molecule has 3 aliphatic rings. The van der Waals surface area contributed by atoms with Crippen molar-refractivity contribution in [3.63, 3.8) is 0 Å². The third-order valence-electron chi connectivity index (χ3n) is 5.96. The van der Waals surface area contributed by atoms with Crippen LogP contribution in [0.15, 0.2) is 4.99 Å². The van der Waals surface area contributed by atoms with Gasteiger partial charge in [-0.2, -0.15) is 0 Å². The molecule has 0 saturated carbocycles. The lowest BCUT2D eigenvalue weighted by atomic mass is 9.92. The van der Waals surface area contributed by atoms with Gasteiger partial charge in [-0.05, 0) is 31.1 Å². The molecule has 3 saturated heterocycles. The average molecular weight is 507 g/mol. The van der Waals surface area contributed by atoms with Crippen LogP contribution < -0.4 is 5.32 Å². The summed E-state index contributed by atoms with van der Waals surface area (Å²) in [6.45, 7) is 13.0. The number of nitrogens with zero attached hydrogens (tertiary/aromatic N) is 4. The summed E-state index contributed by atoms with van der Waals surface area (Å²) in [5, 5.41) is 3.52. The first-order valence-corrected chi connectivity index (χ1v) is 10.6. The first-order chi connectivity index (χ1) is 13.1. The van der Waals surface area contributed by atoms with Crippen molar-refractivity contribution in [1.82, 2.24) is 20.0 Å². The maximum atomic E-state index is 12.5. The van der Waals surface area contributed by atoms with Crippen LogP contribution in [-0.4, -0.2) is 98.7 Å². The van der Waals surface area contributed by atoms with Crippen LogP contribution in [0.25, 0.3) is 0 Å². The number of ether oxygens (including phenoxy) is 1. The number of rotatable bonds is 4. The number of guanidine groups is 1. The van der Waals surface area contributed by atoms with E-state index in [0.29, 0.717) is 0 Å². The van der Waals surface area contributed by atoms with Gasteiger partial charge in [-0.15, -0.1) is 24.0 Å². The van der Waals surface area contributed by atoms with E-state index in [2.05, 4.69) is 34.0 Å². The van der Waals surface area contributed by atoms with Gasteiger partial charge in [-0.3, -0.25) is 9.79 Å². The summed E-state index contributed by atoms with van der Waals surface area (Å²) >= 11 is 0. The van der Waals surface area contributed by atoms with E-state index in [1.54, 1.807) is 0 Å². The zero-order valence-electron chi connectivity index (χ0n) is 17.7. The monoisotopic (exact) mass is 507 g/mol. The summed E-state index contributed by atoms with van der Waals surface area (Å²) in [7, 11) is 1.84. The second-order valence-corrected chi connectivity index (χ2v) is 8.49. The van der Waals surface area contributed by atoms with Crippen LogP contribution in [0.5, 0.6) is 0 Å². The molecule has 3 fully saturated rings. The summed E-state index contributed by atoms with van der Waals surface area (Å²) < 4.78 is 5.54. The lowest BCUT2D eigenvalue weighted by Crippen LogP contribution is -2.56. The predicted molar refractivity (Wildman–Crippen MR) is 123 cm³/mol. The highest BCUT2D eigenvalue weighted by Gasteiger charge is 2.31. The molecule has 0 aromatic carbocycles. The Bertz CT molecular complexity index is 509. The fourth-order valence-electron chi connectivity index (χ4n) is 4.75. The first kappa shape index (κ1) is 23.7. The third kappa shape index (κ3) is 6.45. The number of hydrogen-bond acceptors (Lipinski definition) is 4. The Morgan fingerprint density at radius 2 is 1.75 bits per heavy atom. The number of likely N-dealkylation sites (tertiary alicyclic amines) is 1. The molecule has 0 aliphatic carbocycles. The van der Waals surface area contributed by atoms with Gasteiger partial charge in [0.15, 0.2) is 5.96 Å². The van der Waals surface area contributed by atoms with Gasteiger partial charge in [0.1, 0.15) is 6.10 Å². The molecule has 1 N–H and O–H groups in total. The highest BCUT2D eigenvalue weighted by Crippen LogP contribution is 2.20. The van der Waals surface area contributed by atoms with E-state index in [9.17, 15) is 4.79 Å². The number of carbonyl (C=O) groups excluding carboxylic acids is 1. The van der Waals surface area contributed by atoms with Gasteiger partial charge in [0.25, 0.3) is 5.91 Å². The van der Waals surface area contributed by atoms with Crippen LogP contribution in [0.3, 0.4) is 0 Å². The molecular formula is C20H38IN5O2. The number of carbonyl (C=O) groups is 1. The van der Waals surface area contributed by atoms with E-state index in [4.69, 9.17) is 4.74 Å². The van der Waals surface area contributed by atoms with E-state index in [0.717, 1.165) is 76.5 Å². The zero-order chi connectivity index (χ0) is 19.2. The summed E-state index contributed by atoms with van der Waals surface area (Å²) in [6, 6.07) is 0. The number of amides is 1. The largest absolute Gasteiger partial charge is 0.368 e. The summed E-state index contributed by atoms with van der Waals surface area (Å²) in [6.07, 6.45) is 3.01. The molecule has 8 heteroatoms. The molecule has 3 heterocycles. The molecule has 3 rings (SSSR count). The smallest absolute Gasteiger partial charge is 0.251 e. The lowest BCUT2D eigenvalue weighted by Gasteiger charge is -2.38. The van der Waals surface area contributed by atoms with Gasteiger partial charge in [0.2, 0.25) is 0 Å². The van der Waals surface area contributed by atoms with Crippen LogP contribution in [0.4, 0.5) is 0 Å². The standard InChI is InChI=1S/C20H37N5O2.HI/c1-16-13-17(2)15-23(14-16)7-6-22-20(21-3)25-10-8-24(9-11-25)19(26)18-5-4-12-27-18;/h16-18H,4-15H2,1-3H3,(H,21,22);1H. The fraction of sp³-hybridized carbons (Fsp3) is 0.900. The maximum absolute atomic E-state index is 12.5. The normalized spacial score (nSPS) is 29.5. The van der Waals surface area contributed by atoms with Crippen LogP contribution in [0.1, 0.15) is 33.1 Å². The summed E-state index contributed by atoms with van der Waals surface area (Å²) in [5.74, 6) is 2.71. The highest BCUT2D eigenvalue weighted by atomic mass is 127. The molecule has 0 radical (unpaired) electrons. The molecular weight excluding hydrogens is 469 g/mol. The van der Waals surface area contributed by atoms with Crippen LogP contribution >= 0.6 is 24.0 Å². The summed E-state index contributed by atoms with van der Waals surface area (Å²) in [5.41, 5.74) is 0. The van der Waals surface area contributed by atoms with Gasteiger partial charge in [0.05, 0.1) is 0 Å². The SMILES string of the molecule is CN=C(NCCN1CC(C)CC(C)C1)N1CCN(C(=O)C2CCCO2)CC1.I. The van der Waals surface area contributed by atoms with E-state index < -0.39 is 0 Å². The van der Waals surface area contributed by atoms with Gasteiger partial charge in [-0.25, -0.2) is 0 Å². The van der Waals surface area contributed by atoms with Crippen molar-refractivity contribution in [2.45, 2.75) is 39.2 Å². The predicted octanol–water partition coefficient (Wildman–Crippen LogP) is 1.48. The Morgan fingerprint density at radius 3 is 2.32 bits per heavy atom. The zero-order valence-corrected chi connectivity index (χ0v) is 20.1. The van der Waals surface area contributed by atoms with E-state index in [-0.39, 0.29) is 36.0 Å². The van der Waals surface area contributed by atoms with Crippen molar-refractivity contribution in [1.29, 1.82) is 0 Å². The van der Waals surface area contributed by atoms with Gasteiger partial charge >= 0.3 is 0 Å². The Kier molecular flexibility index (Phi) is 9.76. The molecule has 162 valence electrons. The molecule has 0 bridgehead atoms. The van der Waals surface area contributed by atoms with Crippen molar-refractivity contribution in [3.05, 3.63) is 0 Å². The van der Waals surface area contributed by atoms with Crippen LogP contribution in [0.2, 0.25) is 0 Å². The molecule has 1 amide bonds. The molecule has 0 aromatic heterocycles. The van der Waals surface area contributed by atoms with Gasteiger partial charge in [0, 0.05) is 66.0 Å². The minimum absolute atomic E-state index is 0.